The monoisotopic (exact) mass is 574 g/mol. The number of aromatic nitrogens is 2. The predicted molar refractivity (Wildman–Crippen MR) is 157 cm³/mol. The van der Waals surface area contributed by atoms with Crippen molar-refractivity contribution in [2.45, 2.75) is 32.4 Å². The topological polar surface area (TPSA) is 73.4 Å². The number of para-hydroxylation sites is 1. The van der Waals surface area contributed by atoms with Crippen LogP contribution in [0.2, 0.25) is 5.02 Å². The van der Waals surface area contributed by atoms with Gasteiger partial charge in [0.1, 0.15) is 17.3 Å². The Morgan fingerprint density at radius 3 is 2.44 bits per heavy atom. The maximum absolute atomic E-state index is 14.8. The average Bonchev–Trinajstić information content (AvgIpc) is 3.09. The molecule has 2 unspecified atom stereocenters. The van der Waals surface area contributed by atoms with E-state index in [0.29, 0.717) is 59.5 Å². The van der Waals surface area contributed by atoms with Crippen LogP contribution in [0.1, 0.15) is 29.8 Å². The Hall–Kier alpha value is -4.08. The van der Waals surface area contributed by atoms with Crippen LogP contribution in [0.5, 0.6) is 0 Å². The number of carbonyl (C=O) groups is 1. The summed E-state index contributed by atoms with van der Waals surface area (Å²) in [5.74, 6) is -0.945. The van der Waals surface area contributed by atoms with Crippen LogP contribution in [0.4, 0.5) is 31.8 Å². The minimum absolute atomic E-state index is 0.00384. The third-order valence-corrected chi connectivity index (χ3v) is 7.65. The number of hydrogen-bond donors (Lipinski definition) is 2. The molecule has 7 nitrogen and oxygen atoms in total. The van der Waals surface area contributed by atoms with E-state index < -0.39 is 11.6 Å². The van der Waals surface area contributed by atoms with Gasteiger partial charge in [-0.15, -0.1) is 0 Å². The second-order valence-corrected chi connectivity index (χ2v) is 11.0. The van der Waals surface area contributed by atoms with Gasteiger partial charge in [0.15, 0.2) is 0 Å². The Kier molecular flexibility index (Phi) is 7.32. The van der Waals surface area contributed by atoms with Crippen molar-refractivity contribution in [3.63, 3.8) is 0 Å². The molecule has 0 saturated carbocycles. The molecule has 0 spiro atoms. The van der Waals surface area contributed by atoms with Gasteiger partial charge in [-0.25, -0.2) is 18.7 Å². The van der Waals surface area contributed by atoms with Crippen molar-refractivity contribution in [3.8, 4) is 11.3 Å². The van der Waals surface area contributed by atoms with E-state index in [2.05, 4.69) is 29.5 Å². The number of amides is 1. The highest BCUT2D eigenvalue weighted by molar-refractivity contribution is 6.31. The first kappa shape index (κ1) is 27.1. The summed E-state index contributed by atoms with van der Waals surface area (Å²) >= 11 is 6.34. The summed E-state index contributed by atoms with van der Waals surface area (Å²) in [7, 11) is 0. The van der Waals surface area contributed by atoms with Gasteiger partial charge in [-0.2, -0.15) is 0 Å². The van der Waals surface area contributed by atoms with Crippen LogP contribution in [0.3, 0.4) is 0 Å². The number of fused-ring (bicyclic) bond motifs is 3. The van der Waals surface area contributed by atoms with Crippen molar-refractivity contribution >= 4 is 40.5 Å². The highest BCUT2D eigenvalue weighted by Crippen LogP contribution is 2.42. The number of rotatable bonds is 4. The normalized spacial score (nSPS) is 18.4. The fourth-order valence-electron chi connectivity index (χ4n) is 5.64. The minimum atomic E-state index is -0.654. The lowest BCUT2D eigenvalue weighted by Gasteiger charge is -2.36. The SMILES string of the molecule is CC1CN(C(=O)c2ccc(Nc3ncc4c(n3)-c3ccc(Cl)cc3N(c3c(F)cccc3F)CC4)cc2)CC(C)N1. The fraction of sp³-hybridized carbons (Fsp3) is 0.258. The van der Waals surface area contributed by atoms with E-state index in [0.717, 1.165) is 11.3 Å². The highest BCUT2D eigenvalue weighted by Gasteiger charge is 2.28. The summed E-state index contributed by atoms with van der Waals surface area (Å²) in [5.41, 5.74) is 3.96. The molecule has 0 aliphatic carbocycles. The van der Waals surface area contributed by atoms with Crippen LogP contribution in [-0.2, 0) is 6.42 Å². The smallest absolute Gasteiger partial charge is 0.253 e. The Balaban J connectivity index is 1.28. The number of nitrogens with zero attached hydrogens (tertiary/aromatic N) is 4. The van der Waals surface area contributed by atoms with Gasteiger partial charge in [0, 0.05) is 59.8 Å². The maximum Gasteiger partial charge on any atom is 0.253 e. The molecule has 4 aromatic rings. The number of benzene rings is 3. The lowest BCUT2D eigenvalue weighted by atomic mass is 10.0. The van der Waals surface area contributed by atoms with Crippen LogP contribution in [0.25, 0.3) is 11.3 Å². The largest absolute Gasteiger partial charge is 0.336 e. The first-order valence-corrected chi connectivity index (χ1v) is 13.9. The van der Waals surface area contributed by atoms with Crippen molar-refractivity contribution in [3.05, 3.63) is 94.6 Å². The Bertz CT molecular complexity index is 1580. The number of halogens is 3. The molecule has 2 N–H and O–H groups in total. The predicted octanol–water partition coefficient (Wildman–Crippen LogP) is 6.34. The van der Waals surface area contributed by atoms with Gasteiger partial charge in [-0.1, -0.05) is 17.7 Å². The quantitative estimate of drug-likeness (QED) is 0.296. The van der Waals surface area contributed by atoms with Crippen molar-refractivity contribution in [2.24, 2.45) is 0 Å². The zero-order valence-electron chi connectivity index (χ0n) is 22.7. The van der Waals surface area contributed by atoms with Gasteiger partial charge < -0.3 is 20.4 Å². The molecule has 41 heavy (non-hydrogen) atoms. The van der Waals surface area contributed by atoms with E-state index in [1.54, 1.807) is 35.4 Å². The van der Waals surface area contributed by atoms with E-state index in [4.69, 9.17) is 16.6 Å². The molecular weight excluding hydrogens is 546 g/mol. The number of carbonyl (C=O) groups excluding carboxylic acids is 1. The number of piperazine rings is 1. The molecule has 3 aromatic carbocycles. The fourth-order valence-corrected chi connectivity index (χ4v) is 5.81. The van der Waals surface area contributed by atoms with Gasteiger partial charge in [-0.3, -0.25) is 4.79 Å². The van der Waals surface area contributed by atoms with E-state index in [1.807, 2.05) is 23.1 Å². The third kappa shape index (κ3) is 5.47. The second kappa shape index (κ2) is 11.1. The summed E-state index contributed by atoms with van der Waals surface area (Å²) in [6.07, 6.45) is 2.20. The van der Waals surface area contributed by atoms with Gasteiger partial charge in [0.2, 0.25) is 5.95 Å². The van der Waals surface area contributed by atoms with Crippen LogP contribution >= 0.6 is 11.6 Å². The van der Waals surface area contributed by atoms with Crippen molar-refractivity contribution < 1.29 is 13.6 Å². The molecule has 2 aliphatic heterocycles. The zero-order valence-corrected chi connectivity index (χ0v) is 23.4. The van der Waals surface area contributed by atoms with E-state index in [9.17, 15) is 13.6 Å². The molecule has 1 fully saturated rings. The number of anilines is 4. The van der Waals surface area contributed by atoms with Gasteiger partial charge >= 0.3 is 0 Å². The lowest BCUT2D eigenvalue weighted by Crippen LogP contribution is -2.55. The molecule has 2 atom stereocenters. The molecule has 0 radical (unpaired) electrons. The van der Waals surface area contributed by atoms with Gasteiger partial charge in [-0.05, 0) is 80.4 Å². The van der Waals surface area contributed by atoms with Crippen molar-refractivity contribution in [1.82, 2.24) is 20.2 Å². The molecule has 3 heterocycles. The average molecular weight is 575 g/mol. The standard InChI is InChI=1S/C31H29ClF2N6O/c1-18-16-39(17-19(2)36-18)30(41)20-6-9-23(10-7-20)37-31-35-15-21-12-13-40(29-25(33)4-3-5-26(29)34)27-14-22(32)8-11-24(27)28(21)38-31/h3-11,14-15,18-19,36H,12-13,16-17H2,1-2H3,(H,35,37,38). The van der Waals surface area contributed by atoms with E-state index in [1.165, 1.54) is 18.2 Å². The molecule has 210 valence electrons. The Morgan fingerprint density at radius 2 is 1.73 bits per heavy atom. The van der Waals surface area contributed by atoms with Crippen LogP contribution in [0.15, 0.2) is 66.9 Å². The summed E-state index contributed by atoms with van der Waals surface area (Å²) in [4.78, 5) is 25.8. The first-order chi connectivity index (χ1) is 19.8. The molecule has 1 aromatic heterocycles. The van der Waals surface area contributed by atoms with Gasteiger partial charge in [0.25, 0.3) is 5.91 Å². The van der Waals surface area contributed by atoms with Gasteiger partial charge in [0.05, 0.1) is 11.4 Å². The second-order valence-electron chi connectivity index (χ2n) is 10.6. The molecule has 1 saturated heterocycles. The first-order valence-electron chi connectivity index (χ1n) is 13.6. The Labute approximate surface area is 242 Å². The minimum Gasteiger partial charge on any atom is -0.336 e. The van der Waals surface area contributed by atoms with Crippen LogP contribution < -0.4 is 15.5 Å². The Morgan fingerprint density at radius 1 is 1.02 bits per heavy atom. The van der Waals surface area contributed by atoms with Crippen molar-refractivity contribution in [2.75, 3.05) is 29.9 Å². The highest BCUT2D eigenvalue weighted by atomic mass is 35.5. The molecule has 6 rings (SSSR count). The summed E-state index contributed by atoms with van der Waals surface area (Å²) in [6, 6.07) is 16.8. The summed E-state index contributed by atoms with van der Waals surface area (Å²) < 4.78 is 29.7. The van der Waals surface area contributed by atoms with Crippen molar-refractivity contribution in [1.29, 1.82) is 0 Å². The zero-order chi connectivity index (χ0) is 28.7. The summed E-state index contributed by atoms with van der Waals surface area (Å²) in [5, 5.41) is 7.11. The molecule has 1 amide bonds. The number of nitrogens with one attached hydrogen (secondary N) is 2. The van der Waals surface area contributed by atoms with E-state index in [-0.39, 0.29) is 23.7 Å². The van der Waals surface area contributed by atoms with E-state index >= 15 is 0 Å². The molecular formula is C31H29ClF2N6O. The molecule has 10 heteroatoms. The molecule has 0 bridgehead atoms. The third-order valence-electron chi connectivity index (χ3n) is 7.42. The molecule has 2 aliphatic rings. The lowest BCUT2D eigenvalue weighted by molar-refractivity contribution is 0.0674. The summed E-state index contributed by atoms with van der Waals surface area (Å²) in [6.45, 7) is 5.80. The number of hydrogen-bond acceptors (Lipinski definition) is 6. The van der Waals surface area contributed by atoms with Crippen LogP contribution in [-0.4, -0.2) is 52.5 Å². The maximum atomic E-state index is 14.8. The van der Waals surface area contributed by atoms with Crippen LogP contribution in [0, 0.1) is 11.6 Å².